The van der Waals surface area contributed by atoms with Crippen molar-refractivity contribution in [2.45, 2.75) is 19.4 Å². The van der Waals surface area contributed by atoms with Gasteiger partial charge in [-0.3, -0.25) is 9.78 Å². The molecule has 0 saturated carbocycles. The zero-order chi connectivity index (χ0) is 14.5. The van der Waals surface area contributed by atoms with E-state index >= 15 is 0 Å². The number of hydrogen-bond acceptors (Lipinski definition) is 3. The minimum absolute atomic E-state index is 0.0982. The van der Waals surface area contributed by atoms with Crippen LogP contribution in [0.5, 0.6) is 5.75 Å². The molecule has 1 atom stereocenters. The molecule has 0 bridgehead atoms. The number of hydrogen-bond donors (Lipinski definition) is 2. The second-order valence-corrected chi connectivity index (χ2v) is 4.61. The van der Waals surface area contributed by atoms with Crippen molar-refractivity contribution in [3.8, 4) is 5.75 Å². The van der Waals surface area contributed by atoms with Crippen LogP contribution in [-0.2, 0) is 6.42 Å². The lowest BCUT2D eigenvalue weighted by atomic mass is 10.1. The van der Waals surface area contributed by atoms with E-state index in [0.29, 0.717) is 6.42 Å². The quantitative estimate of drug-likeness (QED) is 0.899. The third kappa shape index (κ3) is 3.54. The van der Waals surface area contributed by atoms with Gasteiger partial charge in [-0.1, -0.05) is 6.07 Å². The fourth-order valence-corrected chi connectivity index (χ4v) is 1.88. The van der Waals surface area contributed by atoms with Crippen molar-refractivity contribution in [1.82, 2.24) is 10.3 Å². The van der Waals surface area contributed by atoms with Crippen LogP contribution < -0.4 is 5.32 Å². The van der Waals surface area contributed by atoms with E-state index in [4.69, 9.17) is 0 Å². The molecular weight excluding hydrogens is 259 g/mol. The second kappa shape index (κ2) is 6.14. The molecule has 104 valence electrons. The Morgan fingerprint density at radius 1 is 1.45 bits per heavy atom. The van der Waals surface area contributed by atoms with Crippen LogP contribution in [0.25, 0.3) is 0 Å². The standard InChI is InChI=1S/C15H15FN2O2/c1-10(7-11-3-2-6-17-9-11)18-15(20)12-4-5-13(16)14(19)8-12/h2-6,8-10,19H,7H2,1H3,(H,18,20). The van der Waals surface area contributed by atoms with Crippen molar-refractivity contribution in [1.29, 1.82) is 0 Å². The van der Waals surface area contributed by atoms with Crippen LogP contribution in [-0.4, -0.2) is 22.0 Å². The highest BCUT2D eigenvalue weighted by Crippen LogP contribution is 2.16. The monoisotopic (exact) mass is 274 g/mol. The molecule has 0 aliphatic rings. The lowest BCUT2D eigenvalue weighted by Gasteiger charge is -2.14. The summed E-state index contributed by atoms with van der Waals surface area (Å²) in [6.45, 7) is 1.87. The van der Waals surface area contributed by atoms with E-state index in [1.54, 1.807) is 12.4 Å². The number of aromatic nitrogens is 1. The fraction of sp³-hybridized carbons (Fsp3) is 0.200. The average Bonchev–Trinajstić information content (AvgIpc) is 2.42. The summed E-state index contributed by atoms with van der Waals surface area (Å²) in [5.41, 5.74) is 1.24. The molecule has 0 aliphatic heterocycles. The van der Waals surface area contributed by atoms with Gasteiger partial charge in [-0.05, 0) is 43.2 Å². The number of carbonyl (C=O) groups excluding carboxylic acids is 1. The number of nitrogens with one attached hydrogen (secondary N) is 1. The maximum Gasteiger partial charge on any atom is 0.251 e. The van der Waals surface area contributed by atoms with Crippen molar-refractivity contribution in [2.24, 2.45) is 0 Å². The van der Waals surface area contributed by atoms with E-state index in [9.17, 15) is 14.3 Å². The Labute approximate surface area is 116 Å². The van der Waals surface area contributed by atoms with Crippen LogP contribution in [0.2, 0.25) is 0 Å². The first-order valence-corrected chi connectivity index (χ1v) is 6.24. The molecule has 2 aromatic rings. The first-order valence-electron chi connectivity index (χ1n) is 6.24. The Kier molecular flexibility index (Phi) is 4.30. The summed E-state index contributed by atoms with van der Waals surface area (Å²) in [4.78, 5) is 16.0. The van der Waals surface area contributed by atoms with Crippen LogP contribution in [0.1, 0.15) is 22.8 Å². The van der Waals surface area contributed by atoms with E-state index in [2.05, 4.69) is 10.3 Å². The van der Waals surface area contributed by atoms with Crippen LogP contribution >= 0.6 is 0 Å². The predicted molar refractivity (Wildman–Crippen MR) is 72.9 cm³/mol. The first-order chi connectivity index (χ1) is 9.56. The predicted octanol–water partition coefficient (Wildman–Crippen LogP) is 2.29. The van der Waals surface area contributed by atoms with E-state index < -0.39 is 11.6 Å². The molecule has 0 fully saturated rings. The fourth-order valence-electron chi connectivity index (χ4n) is 1.88. The summed E-state index contributed by atoms with van der Waals surface area (Å²) in [7, 11) is 0. The molecule has 1 heterocycles. The van der Waals surface area contributed by atoms with Crippen molar-refractivity contribution >= 4 is 5.91 Å². The van der Waals surface area contributed by atoms with E-state index in [-0.39, 0.29) is 17.5 Å². The summed E-state index contributed by atoms with van der Waals surface area (Å²) in [5.74, 6) is -1.63. The summed E-state index contributed by atoms with van der Waals surface area (Å²) in [6, 6.07) is 7.18. The summed E-state index contributed by atoms with van der Waals surface area (Å²) < 4.78 is 12.9. The van der Waals surface area contributed by atoms with E-state index in [1.165, 1.54) is 6.07 Å². The largest absolute Gasteiger partial charge is 0.505 e. The normalized spacial score (nSPS) is 11.9. The lowest BCUT2D eigenvalue weighted by Crippen LogP contribution is -2.34. The molecule has 5 heteroatoms. The molecule has 2 N–H and O–H groups in total. The van der Waals surface area contributed by atoms with Gasteiger partial charge in [0, 0.05) is 24.0 Å². The Bertz CT molecular complexity index is 602. The minimum atomic E-state index is -0.745. The first kappa shape index (κ1) is 14.0. The van der Waals surface area contributed by atoms with Crippen molar-refractivity contribution in [2.75, 3.05) is 0 Å². The van der Waals surface area contributed by atoms with Crippen LogP contribution in [0.3, 0.4) is 0 Å². The summed E-state index contributed by atoms with van der Waals surface area (Å²) in [5, 5.41) is 12.0. The highest BCUT2D eigenvalue weighted by atomic mass is 19.1. The Morgan fingerprint density at radius 3 is 2.90 bits per heavy atom. The number of phenols is 1. The number of carbonyl (C=O) groups is 1. The number of amides is 1. The molecule has 0 saturated heterocycles. The van der Waals surface area contributed by atoms with Gasteiger partial charge in [0.1, 0.15) is 0 Å². The molecule has 1 unspecified atom stereocenters. The summed E-state index contributed by atoms with van der Waals surface area (Å²) >= 11 is 0. The Balaban J connectivity index is 1.98. The summed E-state index contributed by atoms with van der Waals surface area (Å²) in [6.07, 6.45) is 4.08. The number of nitrogens with zero attached hydrogens (tertiary/aromatic N) is 1. The number of rotatable bonds is 4. The van der Waals surface area contributed by atoms with Gasteiger partial charge in [-0.2, -0.15) is 0 Å². The molecule has 0 aliphatic carbocycles. The Morgan fingerprint density at radius 2 is 2.25 bits per heavy atom. The minimum Gasteiger partial charge on any atom is -0.505 e. The maximum absolute atomic E-state index is 12.9. The van der Waals surface area contributed by atoms with Crippen molar-refractivity contribution in [3.05, 3.63) is 59.7 Å². The molecule has 1 aromatic carbocycles. The van der Waals surface area contributed by atoms with Gasteiger partial charge in [-0.25, -0.2) is 4.39 Å². The second-order valence-electron chi connectivity index (χ2n) is 4.61. The van der Waals surface area contributed by atoms with Gasteiger partial charge in [0.25, 0.3) is 5.91 Å². The maximum atomic E-state index is 12.9. The zero-order valence-corrected chi connectivity index (χ0v) is 11.0. The molecule has 1 aromatic heterocycles. The third-order valence-corrected chi connectivity index (χ3v) is 2.85. The molecule has 4 nitrogen and oxygen atoms in total. The smallest absolute Gasteiger partial charge is 0.251 e. The molecule has 1 amide bonds. The van der Waals surface area contributed by atoms with Crippen molar-refractivity contribution < 1.29 is 14.3 Å². The number of benzene rings is 1. The molecule has 2 rings (SSSR count). The highest BCUT2D eigenvalue weighted by molar-refractivity contribution is 5.94. The van der Waals surface area contributed by atoms with Gasteiger partial charge < -0.3 is 10.4 Å². The molecule has 20 heavy (non-hydrogen) atoms. The number of phenolic OH excluding ortho intramolecular Hbond substituents is 1. The topological polar surface area (TPSA) is 62.2 Å². The molecule has 0 spiro atoms. The van der Waals surface area contributed by atoms with Gasteiger partial charge in [0.2, 0.25) is 0 Å². The number of aromatic hydroxyl groups is 1. The lowest BCUT2D eigenvalue weighted by molar-refractivity contribution is 0.0939. The van der Waals surface area contributed by atoms with E-state index in [0.717, 1.165) is 17.7 Å². The van der Waals surface area contributed by atoms with Crippen LogP contribution in [0.4, 0.5) is 4.39 Å². The third-order valence-electron chi connectivity index (χ3n) is 2.85. The van der Waals surface area contributed by atoms with Gasteiger partial charge in [0.15, 0.2) is 11.6 Å². The SMILES string of the molecule is CC(Cc1cccnc1)NC(=O)c1ccc(F)c(O)c1. The average molecular weight is 274 g/mol. The Hall–Kier alpha value is -2.43. The van der Waals surface area contributed by atoms with Crippen molar-refractivity contribution in [3.63, 3.8) is 0 Å². The highest BCUT2D eigenvalue weighted by Gasteiger charge is 2.12. The number of halogens is 1. The van der Waals surface area contributed by atoms with E-state index in [1.807, 2.05) is 19.1 Å². The van der Waals surface area contributed by atoms with Crippen LogP contribution in [0.15, 0.2) is 42.7 Å². The number of pyridine rings is 1. The molecule has 0 radical (unpaired) electrons. The van der Waals surface area contributed by atoms with Crippen LogP contribution in [0, 0.1) is 5.82 Å². The zero-order valence-electron chi connectivity index (χ0n) is 11.0. The van der Waals surface area contributed by atoms with Gasteiger partial charge in [0.05, 0.1) is 0 Å². The van der Waals surface area contributed by atoms with Gasteiger partial charge in [-0.15, -0.1) is 0 Å². The molecular formula is C15H15FN2O2. The van der Waals surface area contributed by atoms with Gasteiger partial charge >= 0.3 is 0 Å².